The van der Waals surface area contributed by atoms with Crippen LogP contribution in [-0.4, -0.2) is 19.9 Å². The summed E-state index contributed by atoms with van der Waals surface area (Å²) in [5.74, 6) is 0. The average molecular weight is 467 g/mol. The predicted molar refractivity (Wildman–Crippen MR) is 139 cm³/mol. The minimum atomic E-state index is -3.68. The average Bonchev–Trinajstić information content (AvgIpc) is 2.83. The number of unbranched alkanes of at least 4 members (excludes halogenated alkanes) is 9. The SMILES string of the molecule is CCCCCCCCCCCCN(c1cccc2ccc(C)nc12)S(=O)(=O)c1ccccc1. The van der Waals surface area contributed by atoms with Gasteiger partial charge in [0.1, 0.15) is 0 Å². The molecule has 0 atom stereocenters. The zero-order valence-electron chi connectivity index (χ0n) is 20.2. The lowest BCUT2D eigenvalue weighted by Gasteiger charge is -2.25. The third-order valence-corrected chi connectivity index (χ3v) is 7.98. The molecule has 0 amide bonds. The molecule has 0 fully saturated rings. The molecule has 0 N–H and O–H groups in total. The molecule has 5 heteroatoms. The summed E-state index contributed by atoms with van der Waals surface area (Å²) in [6.45, 7) is 4.65. The highest BCUT2D eigenvalue weighted by Gasteiger charge is 2.26. The first kappa shape index (κ1) is 25.2. The van der Waals surface area contributed by atoms with Crippen molar-refractivity contribution in [1.82, 2.24) is 4.98 Å². The molecule has 0 radical (unpaired) electrons. The van der Waals surface area contributed by atoms with Gasteiger partial charge in [-0.1, -0.05) is 101 Å². The van der Waals surface area contributed by atoms with E-state index in [1.165, 1.54) is 44.9 Å². The lowest BCUT2D eigenvalue weighted by Crippen LogP contribution is -2.32. The number of hydrogen-bond acceptors (Lipinski definition) is 3. The molecule has 4 nitrogen and oxygen atoms in total. The van der Waals surface area contributed by atoms with Gasteiger partial charge in [-0.15, -0.1) is 0 Å². The Morgan fingerprint density at radius 3 is 2.03 bits per heavy atom. The highest BCUT2D eigenvalue weighted by atomic mass is 32.2. The zero-order valence-corrected chi connectivity index (χ0v) is 21.0. The lowest BCUT2D eigenvalue weighted by atomic mass is 10.1. The van der Waals surface area contributed by atoms with E-state index < -0.39 is 10.0 Å². The van der Waals surface area contributed by atoms with Crippen LogP contribution in [0.15, 0.2) is 65.6 Å². The third kappa shape index (κ3) is 7.04. The van der Waals surface area contributed by atoms with Crippen molar-refractivity contribution < 1.29 is 8.42 Å². The van der Waals surface area contributed by atoms with Crippen molar-refractivity contribution in [3.8, 4) is 0 Å². The highest BCUT2D eigenvalue weighted by molar-refractivity contribution is 7.92. The van der Waals surface area contributed by atoms with Crippen molar-refractivity contribution in [2.24, 2.45) is 0 Å². The molecule has 0 unspecified atom stereocenters. The largest absolute Gasteiger partial charge is 0.264 e. The number of pyridine rings is 1. The molecule has 0 aliphatic carbocycles. The molecule has 0 aliphatic rings. The van der Waals surface area contributed by atoms with Crippen LogP contribution in [0.5, 0.6) is 0 Å². The minimum absolute atomic E-state index is 0.321. The Morgan fingerprint density at radius 2 is 1.36 bits per heavy atom. The van der Waals surface area contributed by atoms with Crippen LogP contribution in [0, 0.1) is 6.92 Å². The number of nitrogens with zero attached hydrogens (tertiary/aromatic N) is 2. The maximum atomic E-state index is 13.7. The molecule has 0 bridgehead atoms. The van der Waals surface area contributed by atoms with Gasteiger partial charge in [0.25, 0.3) is 10.0 Å². The number of sulfonamides is 1. The molecule has 0 saturated carbocycles. The van der Waals surface area contributed by atoms with E-state index in [-0.39, 0.29) is 0 Å². The Labute approximate surface area is 200 Å². The quantitative estimate of drug-likeness (QED) is 0.229. The van der Waals surface area contributed by atoms with Crippen LogP contribution >= 0.6 is 0 Å². The van der Waals surface area contributed by atoms with Gasteiger partial charge in [-0.05, 0) is 37.6 Å². The van der Waals surface area contributed by atoms with Crippen LogP contribution in [0.4, 0.5) is 5.69 Å². The van der Waals surface area contributed by atoms with Gasteiger partial charge in [-0.2, -0.15) is 0 Å². The number of anilines is 1. The van der Waals surface area contributed by atoms with E-state index >= 15 is 0 Å². The second-order valence-corrected chi connectivity index (χ2v) is 10.7. The summed E-state index contributed by atoms with van der Waals surface area (Å²) in [4.78, 5) is 5.02. The molecule has 0 saturated heterocycles. The molecule has 178 valence electrons. The fourth-order valence-electron chi connectivity index (χ4n) is 4.26. The minimum Gasteiger partial charge on any atom is -0.264 e. The van der Waals surface area contributed by atoms with Gasteiger partial charge in [0.05, 0.1) is 16.1 Å². The van der Waals surface area contributed by atoms with E-state index in [0.29, 0.717) is 17.1 Å². The van der Waals surface area contributed by atoms with Gasteiger partial charge in [-0.25, -0.2) is 8.42 Å². The van der Waals surface area contributed by atoms with Crippen molar-refractivity contribution in [2.45, 2.75) is 83.0 Å². The fourth-order valence-corrected chi connectivity index (χ4v) is 5.79. The Morgan fingerprint density at radius 1 is 0.727 bits per heavy atom. The summed E-state index contributed by atoms with van der Waals surface area (Å²) in [7, 11) is -3.68. The molecular formula is C28H38N2O2S. The normalized spacial score (nSPS) is 11.7. The number of rotatable bonds is 14. The van der Waals surface area contributed by atoms with Gasteiger partial charge < -0.3 is 0 Å². The van der Waals surface area contributed by atoms with Crippen LogP contribution in [-0.2, 0) is 10.0 Å². The van der Waals surface area contributed by atoms with Crippen LogP contribution < -0.4 is 4.31 Å². The van der Waals surface area contributed by atoms with Crippen molar-refractivity contribution in [1.29, 1.82) is 0 Å². The first-order chi connectivity index (χ1) is 16.0. The second kappa shape index (κ2) is 12.7. The van der Waals surface area contributed by atoms with Crippen molar-refractivity contribution >= 4 is 26.6 Å². The molecule has 0 aliphatic heterocycles. The summed E-state index contributed by atoms with van der Waals surface area (Å²) in [6, 6.07) is 18.5. The van der Waals surface area contributed by atoms with E-state index in [2.05, 4.69) is 6.92 Å². The molecule has 3 rings (SSSR count). The van der Waals surface area contributed by atoms with Gasteiger partial charge in [-0.3, -0.25) is 9.29 Å². The third-order valence-electron chi connectivity index (χ3n) is 6.15. The summed E-state index contributed by atoms with van der Waals surface area (Å²) < 4.78 is 28.9. The number of para-hydroxylation sites is 1. The molecule has 2 aromatic carbocycles. The van der Waals surface area contributed by atoms with E-state index in [1.54, 1.807) is 28.6 Å². The summed E-state index contributed by atoms with van der Waals surface area (Å²) in [5.41, 5.74) is 2.28. The zero-order chi connectivity index (χ0) is 23.5. The standard InChI is InChI=1S/C28H38N2O2S/c1-3-4-5-6-7-8-9-10-11-15-23-30(33(31,32)26-18-13-12-14-19-26)27-20-16-17-25-22-21-24(2)29-28(25)27/h12-14,16-22H,3-11,15,23H2,1-2H3. The van der Waals surface area contributed by atoms with E-state index in [1.807, 2.05) is 43.3 Å². The predicted octanol–water partition coefficient (Wildman–Crippen LogP) is 7.66. The van der Waals surface area contributed by atoms with Crippen molar-refractivity contribution in [3.05, 3.63) is 66.4 Å². The molecule has 0 spiro atoms. The van der Waals surface area contributed by atoms with Gasteiger partial charge in [0.15, 0.2) is 0 Å². The fraction of sp³-hybridized carbons (Fsp3) is 0.464. The molecule has 3 aromatic rings. The molecule has 1 heterocycles. The number of aryl methyl sites for hydroxylation is 1. The van der Waals surface area contributed by atoms with Gasteiger partial charge in [0, 0.05) is 17.6 Å². The van der Waals surface area contributed by atoms with Crippen LogP contribution in [0.1, 0.15) is 76.8 Å². The van der Waals surface area contributed by atoms with Crippen molar-refractivity contribution in [3.63, 3.8) is 0 Å². The number of fused-ring (bicyclic) bond motifs is 1. The van der Waals surface area contributed by atoms with Crippen LogP contribution in [0.25, 0.3) is 10.9 Å². The molecular weight excluding hydrogens is 428 g/mol. The van der Waals surface area contributed by atoms with E-state index in [0.717, 1.165) is 35.9 Å². The highest BCUT2D eigenvalue weighted by Crippen LogP contribution is 2.30. The number of hydrogen-bond donors (Lipinski definition) is 0. The molecule has 1 aromatic heterocycles. The first-order valence-electron chi connectivity index (χ1n) is 12.5. The smallest absolute Gasteiger partial charge is 0.264 e. The van der Waals surface area contributed by atoms with Crippen LogP contribution in [0.3, 0.4) is 0 Å². The summed E-state index contributed by atoms with van der Waals surface area (Å²) in [5, 5.41) is 0.953. The van der Waals surface area contributed by atoms with E-state index in [9.17, 15) is 8.42 Å². The van der Waals surface area contributed by atoms with Crippen molar-refractivity contribution in [2.75, 3.05) is 10.8 Å². The monoisotopic (exact) mass is 466 g/mol. The van der Waals surface area contributed by atoms with Gasteiger partial charge >= 0.3 is 0 Å². The maximum absolute atomic E-state index is 13.7. The summed E-state index contributed by atoms with van der Waals surface area (Å²) >= 11 is 0. The Hall–Kier alpha value is -2.40. The Kier molecular flexibility index (Phi) is 9.74. The number of benzene rings is 2. The number of aromatic nitrogens is 1. The van der Waals surface area contributed by atoms with E-state index in [4.69, 9.17) is 4.98 Å². The topological polar surface area (TPSA) is 50.3 Å². The lowest BCUT2D eigenvalue weighted by molar-refractivity contribution is 0.555. The summed E-state index contributed by atoms with van der Waals surface area (Å²) in [6.07, 6.45) is 12.2. The Bertz CT molecular complexity index is 1100. The van der Waals surface area contributed by atoms with Crippen LogP contribution in [0.2, 0.25) is 0 Å². The van der Waals surface area contributed by atoms with Gasteiger partial charge in [0.2, 0.25) is 0 Å². The first-order valence-corrected chi connectivity index (χ1v) is 13.9. The maximum Gasteiger partial charge on any atom is 0.264 e. The Balaban J connectivity index is 1.72. The molecule has 33 heavy (non-hydrogen) atoms. The second-order valence-electron chi connectivity index (χ2n) is 8.87.